The lowest BCUT2D eigenvalue weighted by Crippen LogP contribution is -2.08. The van der Waals surface area contributed by atoms with Crippen molar-refractivity contribution in [2.75, 3.05) is 6.61 Å². The Bertz CT molecular complexity index is 1120. The van der Waals surface area contributed by atoms with E-state index < -0.39 is 11.6 Å². The van der Waals surface area contributed by atoms with Gasteiger partial charge in [-0.2, -0.15) is 0 Å². The van der Waals surface area contributed by atoms with Crippen LogP contribution in [0.2, 0.25) is 0 Å². The highest BCUT2D eigenvalue weighted by molar-refractivity contribution is 5.70. The lowest BCUT2D eigenvalue weighted by atomic mass is 10.0. The predicted molar refractivity (Wildman–Crippen MR) is 145 cm³/mol. The van der Waals surface area contributed by atoms with Gasteiger partial charge >= 0.3 is 0 Å². The maximum atomic E-state index is 14.9. The Kier molecular flexibility index (Phi) is 11.0. The van der Waals surface area contributed by atoms with Gasteiger partial charge in [-0.25, -0.2) is 18.7 Å². The number of allylic oxidation sites excluding steroid dienone is 2. The third kappa shape index (κ3) is 7.92. The van der Waals surface area contributed by atoms with E-state index in [1.54, 1.807) is 48.8 Å². The van der Waals surface area contributed by atoms with E-state index in [0.717, 1.165) is 43.4 Å². The zero-order valence-electron chi connectivity index (χ0n) is 21.4. The quantitative estimate of drug-likeness (QED) is 0.168. The summed E-state index contributed by atoms with van der Waals surface area (Å²) in [5, 5.41) is 0. The minimum atomic E-state index is -0.843. The van der Waals surface area contributed by atoms with E-state index in [-0.39, 0.29) is 17.2 Å². The number of nitrogens with zero attached hydrogens (tertiary/aromatic N) is 2. The van der Waals surface area contributed by atoms with Gasteiger partial charge in [0.2, 0.25) is 0 Å². The van der Waals surface area contributed by atoms with Gasteiger partial charge in [-0.05, 0) is 50.2 Å². The van der Waals surface area contributed by atoms with Crippen LogP contribution in [0.5, 0.6) is 0 Å². The molecule has 0 saturated heterocycles. The molecular formula is C31H36F2N2O. The standard InChI is InChI=1S/C31H36F2N2O/c1-4-6-10-20-36-23(3)12-8-7-9-13-26-18-19-28(30(33)29(26)32)25-14-16-27(17-15-25)31-34-21-24(11-5-2)22-35-31/h5,9,13-19,21-23H,2,4,6-8,10-12,20H2,1,3H3/b13-9+. The van der Waals surface area contributed by atoms with Crippen LogP contribution in [0.4, 0.5) is 8.78 Å². The van der Waals surface area contributed by atoms with Crippen LogP contribution < -0.4 is 0 Å². The molecule has 0 aliphatic rings. The van der Waals surface area contributed by atoms with Gasteiger partial charge in [0, 0.05) is 35.7 Å². The normalized spacial score (nSPS) is 12.2. The van der Waals surface area contributed by atoms with Crippen molar-refractivity contribution >= 4 is 6.08 Å². The molecule has 0 saturated carbocycles. The van der Waals surface area contributed by atoms with E-state index in [1.165, 1.54) is 12.8 Å². The Morgan fingerprint density at radius 2 is 1.67 bits per heavy atom. The van der Waals surface area contributed by atoms with Crippen LogP contribution in [0.1, 0.15) is 63.5 Å². The average molecular weight is 491 g/mol. The van der Waals surface area contributed by atoms with Crippen molar-refractivity contribution in [2.24, 2.45) is 0 Å². The average Bonchev–Trinajstić information content (AvgIpc) is 2.90. The van der Waals surface area contributed by atoms with Gasteiger partial charge in [0.15, 0.2) is 17.5 Å². The van der Waals surface area contributed by atoms with E-state index in [9.17, 15) is 8.78 Å². The third-order valence-electron chi connectivity index (χ3n) is 6.08. The van der Waals surface area contributed by atoms with E-state index in [4.69, 9.17) is 4.74 Å². The van der Waals surface area contributed by atoms with Crippen LogP contribution in [0, 0.1) is 11.6 Å². The monoisotopic (exact) mass is 490 g/mol. The molecule has 0 aliphatic heterocycles. The second-order valence-corrected chi connectivity index (χ2v) is 9.04. The van der Waals surface area contributed by atoms with Crippen LogP contribution in [0.15, 0.2) is 67.5 Å². The molecular weight excluding hydrogens is 454 g/mol. The summed E-state index contributed by atoms with van der Waals surface area (Å²) in [5.74, 6) is -1.09. The van der Waals surface area contributed by atoms with E-state index in [1.807, 2.05) is 18.2 Å². The lowest BCUT2D eigenvalue weighted by molar-refractivity contribution is 0.0566. The minimum absolute atomic E-state index is 0.221. The number of ether oxygens (including phenoxy) is 1. The summed E-state index contributed by atoms with van der Waals surface area (Å²) < 4.78 is 35.4. The highest BCUT2D eigenvalue weighted by Gasteiger charge is 2.14. The molecule has 5 heteroatoms. The first kappa shape index (κ1) is 27.4. The number of hydrogen-bond acceptors (Lipinski definition) is 3. The van der Waals surface area contributed by atoms with Crippen molar-refractivity contribution in [2.45, 2.75) is 64.9 Å². The summed E-state index contributed by atoms with van der Waals surface area (Å²) in [6.07, 6.45) is 16.0. The summed E-state index contributed by atoms with van der Waals surface area (Å²) in [7, 11) is 0. The molecule has 0 bridgehead atoms. The van der Waals surface area contributed by atoms with Crippen molar-refractivity contribution in [1.82, 2.24) is 9.97 Å². The summed E-state index contributed by atoms with van der Waals surface area (Å²) in [5.41, 5.74) is 2.88. The van der Waals surface area contributed by atoms with Crippen LogP contribution in [0.25, 0.3) is 28.6 Å². The summed E-state index contributed by atoms with van der Waals surface area (Å²) in [6.45, 7) is 8.78. The molecule has 190 valence electrons. The van der Waals surface area contributed by atoms with Crippen molar-refractivity contribution < 1.29 is 13.5 Å². The summed E-state index contributed by atoms with van der Waals surface area (Å²) in [4.78, 5) is 8.75. The van der Waals surface area contributed by atoms with Crippen molar-refractivity contribution in [1.29, 1.82) is 0 Å². The zero-order valence-corrected chi connectivity index (χ0v) is 21.4. The van der Waals surface area contributed by atoms with Gasteiger partial charge in [0.25, 0.3) is 0 Å². The maximum absolute atomic E-state index is 14.9. The topological polar surface area (TPSA) is 35.0 Å². The molecule has 1 heterocycles. The SMILES string of the molecule is C=CCc1cnc(-c2ccc(-c3ccc(/C=C/CCCC(C)OCCCCC)c(F)c3F)cc2)nc1. The Hall–Kier alpha value is -3.18. The highest BCUT2D eigenvalue weighted by Crippen LogP contribution is 2.29. The second-order valence-electron chi connectivity index (χ2n) is 9.04. The smallest absolute Gasteiger partial charge is 0.167 e. The number of halogens is 2. The first-order chi connectivity index (χ1) is 17.5. The molecule has 3 rings (SSSR count). The summed E-state index contributed by atoms with van der Waals surface area (Å²) in [6, 6.07) is 10.4. The Morgan fingerprint density at radius 1 is 0.944 bits per heavy atom. The lowest BCUT2D eigenvalue weighted by Gasteiger charge is -2.12. The summed E-state index contributed by atoms with van der Waals surface area (Å²) >= 11 is 0. The molecule has 0 N–H and O–H groups in total. The molecule has 0 amide bonds. The second kappa shape index (κ2) is 14.4. The molecule has 3 nitrogen and oxygen atoms in total. The first-order valence-electron chi connectivity index (χ1n) is 12.8. The molecule has 1 unspecified atom stereocenters. The molecule has 3 aromatic rings. The van der Waals surface area contributed by atoms with Gasteiger partial charge in [-0.1, -0.05) is 74.4 Å². The molecule has 0 fully saturated rings. The third-order valence-corrected chi connectivity index (χ3v) is 6.08. The van der Waals surface area contributed by atoms with E-state index in [0.29, 0.717) is 17.8 Å². The Labute approximate surface area is 214 Å². The Morgan fingerprint density at radius 3 is 2.36 bits per heavy atom. The highest BCUT2D eigenvalue weighted by atomic mass is 19.2. The van der Waals surface area contributed by atoms with Gasteiger partial charge in [-0.15, -0.1) is 6.58 Å². The fourth-order valence-electron chi connectivity index (χ4n) is 3.94. The van der Waals surface area contributed by atoms with Gasteiger partial charge in [-0.3, -0.25) is 0 Å². The molecule has 0 aliphatic carbocycles. The van der Waals surface area contributed by atoms with Gasteiger partial charge < -0.3 is 4.74 Å². The van der Waals surface area contributed by atoms with Crippen molar-refractivity contribution in [3.63, 3.8) is 0 Å². The van der Waals surface area contributed by atoms with Crippen LogP contribution in [-0.4, -0.2) is 22.7 Å². The van der Waals surface area contributed by atoms with Gasteiger partial charge in [0.1, 0.15) is 0 Å². The maximum Gasteiger partial charge on any atom is 0.167 e. The number of rotatable bonds is 14. The largest absolute Gasteiger partial charge is 0.379 e. The van der Waals surface area contributed by atoms with Crippen LogP contribution in [-0.2, 0) is 11.2 Å². The number of benzene rings is 2. The van der Waals surface area contributed by atoms with Crippen LogP contribution >= 0.6 is 0 Å². The fourth-order valence-corrected chi connectivity index (χ4v) is 3.94. The predicted octanol–water partition coefficient (Wildman–Crippen LogP) is 8.60. The molecule has 1 atom stereocenters. The van der Waals surface area contributed by atoms with Crippen LogP contribution in [0.3, 0.4) is 0 Å². The van der Waals surface area contributed by atoms with Gasteiger partial charge in [0.05, 0.1) is 6.10 Å². The van der Waals surface area contributed by atoms with E-state index >= 15 is 0 Å². The van der Waals surface area contributed by atoms with E-state index in [2.05, 4.69) is 30.4 Å². The zero-order chi connectivity index (χ0) is 25.8. The molecule has 36 heavy (non-hydrogen) atoms. The van der Waals surface area contributed by atoms with Crippen molar-refractivity contribution in [3.8, 4) is 22.5 Å². The number of hydrogen-bond donors (Lipinski definition) is 0. The molecule has 2 aromatic carbocycles. The molecule has 0 spiro atoms. The minimum Gasteiger partial charge on any atom is -0.379 e. The number of unbranched alkanes of at least 4 members (excludes halogenated alkanes) is 3. The van der Waals surface area contributed by atoms with Crippen molar-refractivity contribution in [3.05, 3.63) is 90.3 Å². The first-order valence-corrected chi connectivity index (χ1v) is 12.8. The molecule has 0 radical (unpaired) electrons. The number of aromatic nitrogens is 2. The molecule has 1 aromatic heterocycles. The Balaban J connectivity index is 1.57. The fraction of sp³-hybridized carbons (Fsp3) is 0.355.